The van der Waals surface area contributed by atoms with Crippen LogP contribution in [0.1, 0.15) is 12.8 Å². The Morgan fingerprint density at radius 3 is 1.47 bits per heavy atom. The molecular weight excluding hydrogens is 248 g/mol. The van der Waals surface area contributed by atoms with Gasteiger partial charge in [-0.25, -0.2) is 0 Å². The normalized spacial score (nSPS) is 11.9. The number of hydrogen-bond donors (Lipinski definition) is 0. The molecule has 5 heteroatoms. The molecule has 0 fully saturated rings. The van der Waals surface area contributed by atoms with Crippen molar-refractivity contribution in [2.45, 2.75) is 51.1 Å². The van der Waals surface area contributed by atoms with Gasteiger partial charge in [0.1, 0.15) is 0 Å². The van der Waals surface area contributed by atoms with Gasteiger partial charge in [0.05, 0.1) is 0 Å². The third-order valence-corrected chi connectivity index (χ3v) is 6.21. The first kappa shape index (κ1) is 16.4. The fraction of sp³-hybridized carbons (Fsp3) is 0.667. The second-order valence-corrected chi connectivity index (χ2v) is 13.5. The van der Waals surface area contributed by atoms with Gasteiger partial charge < -0.3 is 0 Å². The van der Waals surface area contributed by atoms with Crippen molar-refractivity contribution in [3.8, 4) is 24.7 Å². The molecule has 0 radical (unpaired) electrons. The highest BCUT2D eigenvalue weighted by molar-refractivity contribution is 6.71. The molecule has 0 amide bonds. The Hall–Kier alpha value is -0.566. The van der Waals surface area contributed by atoms with Gasteiger partial charge in [0.2, 0.25) is 16.6 Å². The van der Waals surface area contributed by atoms with Crippen LogP contribution in [0.3, 0.4) is 0 Å². The van der Waals surface area contributed by atoms with Crippen molar-refractivity contribution in [3.05, 3.63) is 0 Å². The molecule has 0 heterocycles. The highest BCUT2D eigenvalue weighted by atomic mass is 28.4. The molecule has 0 N–H and O–H groups in total. The minimum Gasteiger partial charge on any atom is -0.258 e. The van der Waals surface area contributed by atoms with Crippen LogP contribution >= 0.6 is 0 Å². The maximum absolute atomic E-state index is 5.35. The average molecular weight is 270 g/mol. The fourth-order valence-corrected chi connectivity index (χ4v) is 3.19. The highest BCUT2D eigenvalue weighted by Crippen LogP contribution is 2.18. The van der Waals surface area contributed by atoms with E-state index in [-0.39, 0.29) is 0 Å². The number of hydrogen-bond acceptors (Lipinski definition) is 3. The Kier molecular flexibility index (Phi) is 7.44. The SMILES string of the molecule is C#CCC[Si](C)(C)OOO[Si](C)(C)CCC#C. The zero-order chi connectivity index (χ0) is 13.4. The van der Waals surface area contributed by atoms with E-state index in [9.17, 15) is 0 Å². The van der Waals surface area contributed by atoms with Gasteiger partial charge in [0.15, 0.2) is 0 Å². The molecule has 0 aliphatic rings. The van der Waals surface area contributed by atoms with E-state index in [2.05, 4.69) is 11.8 Å². The third kappa shape index (κ3) is 9.16. The first-order valence-corrected chi connectivity index (χ1v) is 12.0. The van der Waals surface area contributed by atoms with Crippen molar-refractivity contribution in [1.82, 2.24) is 0 Å². The van der Waals surface area contributed by atoms with Crippen LogP contribution in [-0.2, 0) is 14.2 Å². The Morgan fingerprint density at radius 1 is 0.824 bits per heavy atom. The Morgan fingerprint density at radius 2 is 1.18 bits per heavy atom. The summed E-state index contributed by atoms with van der Waals surface area (Å²) in [5, 5.41) is 4.94. The fourth-order valence-electron chi connectivity index (χ4n) is 1.03. The van der Waals surface area contributed by atoms with Crippen LogP contribution in [0.5, 0.6) is 0 Å². The molecule has 0 saturated heterocycles. The molecule has 0 atom stereocenters. The van der Waals surface area contributed by atoms with Crippen molar-refractivity contribution in [1.29, 1.82) is 0 Å². The van der Waals surface area contributed by atoms with Gasteiger partial charge in [-0.05, 0) is 38.3 Å². The molecule has 17 heavy (non-hydrogen) atoms. The van der Waals surface area contributed by atoms with E-state index < -0.39 is 16.6 Å². The molecule has 0 aromatic heterocycles. The van der Waals surface area contributed by atoms with E-state index in [0.717, 1.165) is 12.1 Å². The molecule has 0 aliphatic heterocycles. The van der Waals surface area contributed by atoms with Crippen molar-refractivity contribution in [2.24, 2.45) is 0 Å². The van der Waals surface area contributed by atoms with Crippen LogP contribution < -0.4 is 0 Å². The lowest BCUT2D eigenvalue weighted by molar-refractivity contribution is -0.428. The minimum absolute atomic E-state index is 0.709. The summed E-state index contributed by atoms with van der Waals surface area (Å²) in [6.07, 6.45) is 11.9. The van der Waals surface area contributed by atoms with Crippen LogP contribution in [0.15, 0.2) is 0 Å². The Bertz CT molecular complexity index is 270. The summed E-state index contributed by atoms with van der Waals surface area (Å²) in [7, 11) is -3.73. The predicted molar refractivity (Wildman–Crippen MR) is 74.7 cm³/mol. The summed E-state index contributed by atoms with van der Waals surface area (Å²) < 4.78 is 10.7. The molecule has 0 unspecified atom stereocenters. The summed E-state index contributed by atoms with van der Waals surface area (Å²) in [6, 6.07) is 1.72. The molecule has 0 aromatic carbocycles. The smallest absolute Gasteiger partial charge is 0.238 e. The molecule has 0 rings (SSSR count). The second-order valence-electron chi connectivity index (χ2n) is 5.16. The Balaban J connectivity index is 3.90. The monoisotopic (exact) mass is 270 g/mol. The minimum atomic E-state index is -1.86. The van der Waals surface area contributed by atoms with E-state index in [1.807, 2.05) is 26.2 Å². The van der Waals surface area contributed by atoms with Gasteiger partial charge in [-0.3, -0.25) is 9.15 Å². The topological polar surface area (TPSA) is 27.7 Å². The van der Waals surface area contributed by atoms with E-state index >= 15 is 0 Å². The van der Waals surface area contributed by atoms with Crippen LogP contribution in [0, 0.1) is 24.7 Å². The quantitative estimate of drug-likeness (QED) is 0.293. The van der Waals surface area contributed by atoms with E-state index in [1.165, 1.54) is 0 Å². The van der Waals surface area contributed by atoms with Crippen molar-refractivity contribution < 1.29 is 14.2 Å². The van der Waals surface area contributed by atoms with E-state index in [1.54, 1.807) is 0 Å². The van der Waals surface area contributed by atoms with E-state index in [4.69, 9.17) is 27.0 Å². The summed E-state index contributed by atoms with van der Waals surface area (Å²) in [5.74, 6) is 5.21. The lowest BCUT2D eigenvalue weighted by atomic mass is 10.5. The number of terminal acetylenes is 2. The summed E-state index contributed by atoms with van der Waals surface area (Å²) in [4.78, 5) is 0. The Labute approximate surface area is 107 Å². The van der Waals surface area contributed by atoms with Crippen molar-refractivity contribution in [2.75, 3.05) is 0 Å². The first-order valence-electron chi connectivity index (χ1n) is 5.73. The molecule has 96 valence electrons. The molecule has 0 aliphatic carbocycles. The highest BCUT2D eigenvalue weighted by Gasteiger charge is 2.28. The van der Waals surface area contributed by atoms with Crippen LogP contribution in [0.4, 0.5) is 0 Å². The van der Waals surface area contributed by atoms with Gasteiger partial charge in [-0.15, -0.1) is 24.7 Å². The molecule has 0 spiro atoms. The zero-order valence-corrected chi connectivity index (χ0v) is 13.2. The van der Waals surface area contributed by atoms with Crippen LogP contribution in [0.2, 0.25) is 38.3 Å². The van der Waals surface area contributed by atoms with Gasteiger partial charge in [-0.1, -0.05) is 5.04 Å². The largest absolute Gasteiger partial charge is 0.258 e. The second kappa shape index (κ2) is 7.70. The van der Waals surface area contributed by atoms with Crippen molar-refractivity contribution in [3.63, 3.8) is 0 Å². The lowest BCUT2D eigenvalue weighted by Crippen LogP contribution is -2.35. The van der Waals surface area contributed by atoms with Gasteiger partial charge in [0.25, 0.3) is 0 Å². The number of rotatable bonds is 8. The van der Waals surface area contributed by atoms with Gasteiger partial charge in [0, 0.05) is 12.8 Å². The van der Waals surface area contributed by atoms with Gasteiger partial charge in [-0.2, -0.15) is 0 Å². The van der Waals surface area contributed by atoms with Crippen molar-refractivity contribution >= 4 is 16.6 Å². The third-order valence-electron chi connectivity index (χ3n) is 2.26. The molecule has 0 saturated carbocycles. The summed E-state index contributed by atoms with van der Waals surface area (Å²) in [5.41, 5.74) is 0. The van der Waals surface area contributed by atoms with Crippen LogP contribution in [-0.4, -0.2) is 16.6 Å². The summed E-state index contributed by atoms with van der Waals surface area (Å²) >= 11 is 0. The molecule has 3 nitrogen and oxygen atoms in total. The average Bonchev–Trinajstić information content (AvgIpc) is 2.23. The van der Waals surface area contributed by atoms with E-state index in [0.29, 0.717) is 12.8 Å². The lowest BCUT2D eigenvalue weighted by Gasteiger charge is -2.24. The maximum Gasteiger partial charge on any atom is 0.238 e. The molecular formula is C12H22O3Si2. The standard InChI is InChI=1S/C12H22O3Si2/c1-7-9-11-16(3,4)14-13-15-17(5,6)12-10-8-2/h1-2H,9-12H2,3-6H3. The summed E-state index contributed by atoms with van der Waals surface area (Å²) in [6.45, 7) is 8.18. The zero-order valence-electron chi connectivity index (χ0n) is 11.2. The predicted octanol–water partition coefficient (Wildman–Crippen LogP) is 3.32. The first-order chi connectivity index (χ1) is 7.83. The van der Waals surface area contributed by atoms with Crippen LogP contribution in [0.25, 0.3) is 0 Å². The molecule has 0 bridgehead atoms. The maximum atomic E-state index is 5.35. The van der Waals surface area contributed by atoms with Gasteiger partial charge >= 0.3 is 0 Å². The molecule has 0 aromatic rings.